The first-order chi connectivity index (χ1) is 4.24. The second-order valence-electron chi connectivity index (χ2n) is 2.18. The summed E-state index contributed by atoms with van der Waals surface area (Å²) in [6, 6.07) is -0.472. The van der Waals surface area contributed by atoms with Crippen LogP contribution in [-0.4, -0.2) is 37.2 Å². The molecule has 1 saturated heterocycles. The van der Waals surface area contributed by atoms with Crippen molar-refractivity contribution >= 4 is 6.03 Å². The number of amides is 2. The summed E-state index contributed by atoms with van der Waals surface area (Å²) in [5, 5.41) is 2.47. The summed E-state index contributed by atoms with van der Waals surface area (Å²) in [6.45, 7) is 0.00537. The molecule has 0 saturated carbocycles. The van der Waals surface area contributed by atoms with E-state index in [2.05, 4.69) is 5.32 Å². The molecule has 52 valence electrons. The zero-order valence-corrected chi connectivity index (χ0v) is 5.22. The lowest BCUT2D eigenvalue weighted by Gasteiger charge is -2.02. The lowest BCUT2D eigenvalue weighted by Crippen LogP contribution is -2.28. The van der Waals surface area contributed by atoms with Crippen molar-refractivity contribution in [1.29, 1.82) is 0 Å². The number of carbonyl (C=O) groups excluding carboxylic acids is 1. The summed E-state index contributed by atoms with van der Waals surface area (Å²) in [5.74, 6) is 0. The van der Waals surface area contributed by atoms with Gasteiger partial charge < -0.3 is 10.2 Å². The fraction of sp³-hybridized carbons (Fsp3) is 0.800. The maximum atomic E-state index is 11.8. The smallest absolute Gasteiger partial charge is 0.317 e. The van der Waals surface area contributed by atoms with Crippen molar-refractivity contribution in [1.82, 2.24) is 10.2 Å². The minimum absolute atomic E-state index is 0.183. The van der Waals surface area contributed by atoms with Gasteiger partial charge in [-0.15, -0.1) is 0 Å². The molecule has 2 amide bonds. The zero-order valence-electron chi connectivity index (χ0n) is 5.22. The molecule has 0 radical (unpaired) electrons. The molecule has 0 spiro atoms. The van der Waals surface area contributed by atoms with Gasteiger partial charge >= 0.3 is 6.03 Å². The van der Waals surface area contributed by atoms with Gasteiger partial charge in [-0.05, 0) is 0 Å². The molecule has 1 rings (SSSR count). The van der Waals surface area contributed by atoms with Gasteiger partial charge in [-0.2, -0.15) is 0 Å². The number of halogens is 1. The fourth-order valence-corrected chi connectivity index (χ4v) is 0.831. The molecule has 1 heterocycles. The van der Waals surface area contributed by atoms with E-state index in [4.69, 9.17) is 0 Å². The molecule has 1 aliphatic rings. The number of hydrogen-bond acceptors (Lipinski definition) is 1. The summed E-state index contributed by atoms with van der Waals surface area (Å²) >= 11 is 0. The number of likely N-dealkylation sites (N-methyl/N-ethyl adjacent to an activating group) is 1. The first kappa shape index (κ1) is 6.32. The molecule has 1 unspecified atom stereocenters. The molecule has 0 bridgehead atoms. The van der Waals surface area contributed by atoms with Gasteiger partial charge in [0.1, 0.15) is 6.67 Å². The maximum Gasteiger partial charge on any atom is 0.317 e. The van der Waals surface area contributed by atoms with Gasteiger partial charge in [-0.1, -0.05) is 0 Å². The average Bonchev–Trinajstić information content (AvgIpc) is 2.13. The first-order valence-corrected chi connectivity index (χ1v) is 2.81. The second-order valence-corrected chi connectivity index (χ2v) is 2.18. The zero-order chi connectivity index (χ0) is 6.85. The highest BCUT2D eigenvalue weighted by Crippen LogP contribution is 1.99. The Morgan fingerprint density at radius 3 is 2.89 bits per heavy atom. The number of urea groups is 1. The van der Waals surface area contributed by atoms with Crippen LogP contribution in [0.4, 0.5) is 9.18 Å². The number of alkyl halides is 1. The van der Waals surface area contributed by atoms with Gasteiger partial charge in [0.25, 0.3) is 0 Å². The van der Waals surface area contributed by atoms with Crippen molar-refractivity contribution in [3.63, 3.8) is 0 Å². The summed E-state index contributed by atoms with van der Waals surface area (Å²) in [4.78, 5) is 12.1. The molecule has 0 aliphatic carbocycles. The number of nitrogens with zero attached hydrogens (tertiary/aromatic N) is 1. The van der Waals surface area contributed by atoms with E-state index in [9.17, 15) is 9.18 Å². The van der Waals surface area contributed by atoms with E-state index in [0.717, 1.165) is 0 Å². The molecule has 9 heavy (non-hydrogen) atoms. The Balaban J connectivity index is 2.44. The van der Waals surface area contributed by atoms with Crippen molar-refractivity contribution < 1.29 is 9.18 Å². The van der Waals surface area contributed by atoms with Gasteiger partial charge in [0.05, 0.1) is 6.04 Å². The summed E-state index contributed by atoms with van der Waals surface area (Å²) in [5.41, 5.74) is 0. The molecule has 1 fully saturated rings. The van der Waals surface area contributed by atoms with Crippen LogP contribution in [0.15, 0.2) is 0 Å². The number of carbonyl (C=O) groups is 1. The van der Waals surface area contributed by atoms with Gasteiger partial charge in [-0.3, -0.25) is 0 Å². The normalized spacial score (nSPS) is 26.7. The number of rotatable bonds is 1. The van der Waals surface area contributed by atoms with E-state index in [1.54, 1.807) is 7.05 Å². The second kappa shape index (κ2) is 2.21. The Morgan fingerprint density at radius 1 is 2.00 bits per heavy atom. The van der Waals surface area contributed by atoms with Crippen LogP contribution in [0.1, 0.15) is 0 Å². The molecule has 1 N–H and O–H groups in total. The Labute approximate surface area is 52.8 Å². The predicted octanol–water partition coefficient (Wildman–Crippen LogP) is -0.0205. The Hall–Kier alpha value is -0.800. The summed E-state index contributed by atoms with van der Waals surface area (Å²) < 4.78 is 11.8. The monoisotopic (exact) mass is 132 g/mol. The standard InChI is InChI=1S/C5H9FN2O/c1-8-3-4(2-6)7-5(8)9/h4H,2-3H2,1H3,(H,7,9). The minimum atomic E-state index is -0.476. The predicted molar refractivity (Wildman–Crippen MR) is 30.9 cm³/mol. The van der Waals surface area contributed by atoms with Crippen molar-refractivity contribution in [2.75, 3.05) is 20.3 Å². The SMILES string of the molecule is CN1CC(CF)NC1=O. The highest BCUT2D eigenvalue weighted by molar-refractivity contribution is 5.76. The molecule has 0 aromatic heterocycles. The van der Waals surface area contributed by atoms with Crippen LogP contribution in [0.2, 0.25) is 0 Å². The molecule has 3 nitrogen and oxygen atoms in total. The molecular weight excluding hydrogens is 123 g/mol. The third-order valence-corrected chi connectivity index (χ3v) is 1.35. The third kappa shape index (κ3) is 1.12. The van der Waals surface area contributed by atoms with E-state index in [0.29, 0.717) is 6.54 Å². The van der Waals surface area contributed by atoms with Crippen molar-refractivity contribution in [2.45, 2.75) is 6.04 Å². The lowest BCUT2D eigenvalue weighted by atomic mass is 10.3. The maximum absolute atomic E-state index is 11.8. The van der Waals surface area contributed by atoms with Gasteiger partial charge in [0.2, 0.25) is 0 Å². The van der Waals surface area contributed by atoms with E-state index in [1.807, 2.05) is 0 Å². The summed E-state index contributed by atoms with van der Waals surface area (Å²) in [6.07, 6.45) is 0. The van der Waals surface area contributed by atoms with Crippen LogP contribution in [0, 0.1) is 0 Å². The quantitative estimate of drug-likeness (QED) is 0.534. The largest absolute Gasteiger partial charge is 0.331 e. The fourth-order valence-electron chi connectivity index (χ4n) is 0.831. The van der Waals surface area contributed by atoms with E-state index in [-0.39, 0.29) is 12.1 Å². The first-order valence-electron chi connectivity index (χ1n) is 2.81. The highest BCUT2D eigenvalue weighted by Gasteiger charge is 2.24. The van der Waals surface area contributed by atoms with Crippen LogP contribution in [-0.2, 0) is 0 Å². The van der Waals surface area contributed by atoms with Crippen LogP contribution < -0.4 is 5.32 Å². The van der Waals surface area contributed by atoms with Crippen LogP contribution in [0.5, 0.6) is 0 Å². The minimum Gasteiger partial charge on any atom is -0.331 e. The number of nitrogens with one attached hydrogen (secondary N) is 1. The number of hydrogen-bond donors (Lipinski definition) is 1. The van der Waals surface area contributed by atoms with Crippen molar-refractivity contribution in [2.24, 2.45) is 0 Å². The van der Waals surface area contributed by atoms with Crippen LogP contribution in [0.25, 0.3) is 0 Å². The highest BCUT2D eigenvalue weighted by atomic mass is 19.1. The molecule has 4 heteroatoms. The van der Waals surface area contributed by atoms with Crippen molar-refractivity contribution in [3.05, 3.63) is 0 Å². The van der Waals surface area contributed by atoms with E-state index >= 15 is 0 Å². The van der Waals surface area contributed by atoms with E-state index in [1.165, 1.54) is 4.90 Å². The molecule has 1 aliphatic heterocycles. The Bertz CT molecular complexity index is 128. The molecule has 1 atom stereocenters. The Kier molecular flexibility index (Phi) is 1.55. The lowest BCUT2D eigenvalue weighted by molar-refractivity contribution is 0.226. The molecular formula is C5H9FN2O. The Morgan fingerprint density at radius 2 is 2.67 bits per heavy atom. The summed E-state index contributed by atoms with van der Waals surface area (Å²) in [7, 11) is 1.64. The van der Waals surface area contributed by atoms with Crippen LogP contribution in [0.3, 0.4) is 0 Å². The van der Waals surface area contributed by atoms with Gasteiger partial charge in [-0.25, -0.2) is 9.18 Å². The molecule has 0 aromatic carbocycles. The van der Waals surface area contributed by atoms with Gasteiger partial charge in [0.15, 0.2) is 0 Å². The average molecular weight is 132 g/mol. The van der Waals surface area contributed by atoms with Gasteiger partial charge in [0, 0.05) is 13.6 Å². The van der Waals surface area contributed by atoms with Crippen LogP contribution >= 0.6 is 0 Å². The van der Waals surface area contributed by atoms with Crippen molar-refractivity contribution in [3.8, 4) is 0 Å². The molecule has 0 aromatic rings. The van der Waals surface area contributed by atoms with E-state index < -0.39 is 6.67 Å². The third-order valence-electron chi connectivity index (χ3n) is 1.35. The topological polar surface area (TPSA) is 32.3 Å².